The van der Waals surface area contributed by atoms with E-state index >= 15 is 0 Å². The van der Waals surface area contributed by atoms with E-state index in [1.807, 2.05) is 0 Å². The smallest absolute Gasteiger partial charge is 0.248 e. The summed E-state index contributed by atoms with van der Waals surface area (Å²) in [6.45, 7) is 2.15. The first kappa shape index (κ1) is 25.2. The SMILES string of the molecule is COc1ccc(N(C(=O)CCl)[C@H](C(=O)N[C@H]2CCCC[C@H]2C)c2ccc(Cl)cc2)c(OC)c1. The summed E-state index contributed by atoms with van der Waals surface area (Å²) in [5.74, 6) is 0.329. The monoisotopic (exact) mass is 492 g/mol. The first-order valence-electron chi connectivity index (χ1n) is 11.1. The number of hydrogen-bond acceptors (Lipinski definition) is 4. The third-order valence-electron chi connectivity index (χ3n) is 6.16. The zero-order valence-corrected chi connectivity index (χ0v) is 20.7. The molecule has 2 aromatic rings. The van der Waals surface area contributed by atoms with Gasteiger partial charge >= 0.3 is 0 Å². The molecule has 0 radical (unpaired) electrons. The summed E-state index contributed by atoms with van der Waals surface area (Å²) >= 11 is 12.1. The molecule has 8 heteroatoms. The maximum atomic E-state index is 13.8. The molecule has 178 valence electrons. The van der Waals surface area contributed by atoms with E-state index in [-0.39, 0.29) is 17.8 Å². The van der Waals surface area contributed by atoms with Gasteiger partial charge in [0.05, 0.1) is 19.9 Å². The molecule has 0 unspecified atom stereocenters. The Morgan fingerprint density at radius 3 is 2.39 bits per heavy atom. The predicted octanol–water partition coefficient (Wildman–Crippen LogP) is 5.37. The highest BCUT2D eigenvalue weighted by Gasteiger charge is 2.36. The molecule has 0 aliphatic heterocycles. The van der Waals surface area contributed by atoms with E-state index in [1.165, 1.54) is 12.0 Å². The maximum absolute atomic E-state index is 13.8. The van der Waals surface area contributed by atoms with Gasteiger partial charge in [0.15, 0.2) is 0 Å². The van der Waals surface area contributed by atoms with Gasteiger partial charge in [-0.25, -0.2) is 0 Å². The normalized spacial score (nSPS) is 18.8. The third-order valence-corrected chi connectivity index (χ3v) is 6.64. The van der Waals surface area contributed by atoms with Crippen LogP contribution in [0.3, 0.4) is 0 Å². The lowest BCUT2D eigenvalue weighted by molar-refractivity contribution is -0.126. The molecule has 3 rings (SSSR count). The van der Waals surface area contributed by atoms with Gasteiger partial charge < -0.3 is 14.8 Å². The van der Waals surface area contributed by atoms with Crippen LogP contribution in [0, 0.1) is 5.92 Å². The molecule has 33 heavy (non-hydrogen) atoms. The Kier molecular flexibility index (Phi) is 8.87. The van der Waals surface area contributed by atoms with Gasteiger partial charge in [-0.15, -0.1) is 11.6 Å². The van der Waals surface area contributed by atoms with Crippen LogP contribution in [0.4, 0.5) is 5.69 Å². The van der Waals surface area contributed by atoms with Crippen LogP contribution in [0.5, 0.6) is 11.5 Å². The number of anilines is 1. The topological polar surface area (TPSA) is 67.9 Å². The highest BCUT2D eigenvalue weighted by Crippen LogP contribution is 2.38. The second-order valence-corrected chi connectivity index (χ2v) is 8.97. The molecule has 1 aliphatic carbocycles. The number of methoxy groups -OCH3 is 2. The van der Waals surface area contributed by atoms with Crippen LogP contribution < -0.4 is 19.7 Å². The minimum atomic E-state index is -0.954. The number of benzene rings is 2. The number of alkyl halides is 1. The molecule has 2 amide bonds. The molecule has 0 heterocycles. The fourth-order valence-electron chi connectivity index (χ4n) is 4.32. The second kappa shape index (κ2) is 11.6. The van der Waals surface area contributed by atoms with E-state index < -0.39 is 11.9 Å². The lowest BCUT2D eigenvalue weighted by Gasteiger charge is -2.35. The van der Waals surface area contributed by atoms with Crippen LogP contribution in [0.1, 0.15) is 44.2 Å². The Hall–Kier alpha value is -2.44. The number of hydrogen-bond donors (Lipinski definition) is 1. The summed E-state index contributed by atoms with van der Waals surface area (Å²) < 4.78 is 10.8. The largest absolute Gasteiger partial charge is 0.497 e. The van der Waals surface area contributed by atoms with Gasteiger partial charge in [0.25, 0.3) is 0 Å². The summed E-state index contributed by atoms with van der Waals surface area (Å²) in [5.41, 5.74) is 1.05. The van der Waals surface area contributed by atoms with E-state index in [4.69, 9.17) is 32.7 Å². The number of nitrogens with one attached hydrogen (secondary N) is 1. The Labute approximate surface area is 205 Å². The fourth-order valence-corrected chi connectivity index (χ4v) is 4.58. The van der Waals surface area contributed by atoms with Crippen molar-refractivity contribution >= 4 is 40.7 Å². The standard InChI is InChI=1S/C25H30Cl2N2O4/c1-16-6-4-5-7-20(16)28-25(31)24(17-8-10-18(27)11-9-17)29(23(30)15-26)21-13-12-19(32-2)14-22(21)33-3/h8-14,16,20,24H,4-7,15H2,1-3H3,(H,28,31)/t16-,20+,24+/m1/s1. The molecule has 0 spiro atoms. The zero-order chi connectivity index (χ0) is 24.0. The van der Waals surface area contributed by atoms with Crippen LogP contribution in [0.2, 0.25) is 5.02 Å². The molecule has 1 N–H and O–H groups in total. The number of carbonyl (C=O) groups is 2. The van der Waals surface area contributed by atoms with Gasteiger partial charge in [0.2, 0.25) is 11.8 Å². The molecule has 0 bridgehead atoms. The Morgan fingerprint density at radius 2 is 1.79 bits per heavy atom. The van der Waals surface area contributed by atoms with Crippen molar-refractivity contribution in [1.29, 1.82) is 0 Å². The van der Waals surface area contributed by atoms with Crippen molar-refractivity contribution in [2.75, 3.05) is 25.0 Å². The van der Waals surface area contributed by atoms with Crippen molar-refractivity contribution in [3.8, 4) is 11.5 Å². The van der Waals surface area contributed by atoms with Gasteiger partial charge in [0.1, 0.15) is 23.4 Å². The molecule has 1 fully saturated rings. The summed E-state index contributed by atoms with van der Waals surface area (Å²) in [5, 5.41) is 3.73. The van der Waals surface area contributed by atoms with Crippen LogP contribution in [0.15, 0.2) is 42.5 Å². The van der Waals surface area contributed by atoms with E-state index in [0.717, 1.165) is 25.7 Å². The Balaban J connectivity index is 2.09. The summed E-state index contributed by atoms with van der Waals surface area (Å²) in [4.78, 5) is 28.3. The van der Waals surface area contributed by atoms with E-state index in [2.05, 4.69) is 12.2 Å². The lowest BCUT2D eigenvalue weighted by Crippen LogP contribution is -2.49. The fraction of sp³-hybridized carbons (Fsp3) is 0.440. The van der Waals surface area contributed by atoms with Gasteiger partial charge in [-0.05, 0) is 48.6 Å². The minimum absolute atomic E-state index is 0.0479. The first-order valence-corrected chi connectivity index (χ1v) is 12.0. The van der Waals surface area contributed by atoms with Gasteiger partial charge in [-0.1, -0.05) is 43.5 Å². The predicted molar refractivity (Wildman–Crippen MR) is 132 cm³/mol. The number of amides is 2. The van der Waals surface area contributed by atoms with E-state index in [0.29, 0.717) is 33.7 Å². The average Bonchev–Trinajstić information content (AvgIpc) is 2.83. The number of halogens is 2. The van der Waals surface area contributed by atoms with E-state index in [1.54, 1.807) is 49.6 Å². The van der Waals surface area contributed by atoms with Gasteiger partial charge in [-0.3, -0.25) is 14.5 Å². The van der Waals surface area contributed by atoms with Crippen molar-refractivity contribution in [1.82, 2.24) is 5.32 Å². The lowest BCUT2D eigenvalue weighted by atomic mass is 9.85. The molecule has 0 saturated heterocycles. The highest BCUT2D eigenvalue weighted by atomic mass is 35.5. The van der Waals surface area contributed by atoms with E-state index in [9.17, 15) is 9.59 Å². The minimum Gasteiger partial charge on any atom is -0.497 e. The summed E-state index contributed by atoms with van der Waals surface area (Å²) in [6, 6.07) is 11.1. The summed E-state index contributed by atoms with van der Waals surface area (Å²) in [6.07, 6.45) is 4.20. The van der Waals surface area contributed by atoms with Crippen LogP contribution >= 0.6 is 23.2 Å². The van der Waals surface area contributed by atoms with Crippen molar-refractivity contribution in [2.45, 2.75) is 44.7 Å². The van der Waals surface area contributed by atoms with Crippen LogP contribution in [-0.2, 0) is 9.59 Å². The first-order chi connectivity index (χ1) is 15.9. The zero-order valence-electron chi connectivity index (χ0n) is 19.1. The molecule has 2 aromatic carbocycles. The summed E-state index contributed by atoms with van der Waals surface area (Å²) in [7, 11) is 3.05. The Morgan fingerprint density at radius 1 is 1.09 bits per heavy atom. The molecular formula is C25H30Cl2N2O4. The van der Waals surface area contributed by atoms with Crippen molar-refractivity contribution in [3.05, 3.63) is 53.1 Å². The van der Waals surface area contributed by atoms with Gasteiger partial charge in [-0.2, -0.15) is 0 Å². The average molecular weight is 493 g/mol. The highest BCUT2D eigenvalue weighted by molar-refractivity contribution is 6.30. The van der Waals surface area contributed by atoms with Crippen LogP contribution in [-0.4, -0.2) is 38.0 Å². The Bertz CT molecular complexity index is 967. The van der Waals surface area contributed by atoms with Crippen molar-refractivity contribution < 1.29 is 19.1 Å². The number of ether oxygens (including phenoxy) is 2. The molecule has 1 aliphatic rings. The van der Waals surface area contributed by atoms with Crippen molar-refractivity contribution in [2.24, 2.45) is 5.92 Å². The van der Waals surface area contributed by atoms with Crippen LogP contribution in [0.25, 0.3) is 0 Å². The maximum Gasteiger partial charge on any atom is 0.248 e. The van der Waals surface area contributed by atoms with Crippen molar-refractivity contribution in [3.63, 3.8) is 0 Å². The quantitative estimate of drug-likeness (QED) is 0.503. The molecule has 1 saturated carbocycles. The number of carbonyl (C=O) groups excluding carboxylic acids is 2. The third kappa shape index (κ3) is 5.92. The second-order valence-electron chi connectivity index (χ2n) is 8.27. The molecule has 6 nitrogen and oxygen atoms in total. The van der Waals surface area contributed by atoms with Gasteiger partial charge in [0, 0.05) is 17.1 Å². The number of rotatable bonds is 8. The molecule has 0 aromatic heterocycles. The molecular weight excluding hydrogens is 463 g/mol. The molecule has 3 atom stereocenters. The number of nitrogens with zero attached hydrogens (tertiary/aromatic N) is 1.